The second kappa shape index (κ2) is 9.39. The zero-order valence-corrected chi connectivity index (χ0v) is 12.4. The molecule has 0 saturated heterocycles. The molecule has 0 spiro atoms. The van der Waals surface area contributed by atoms with E-state index < -0.39 is 23.1 Å². The van der Waals surface area contributed by atoms with Crippen LogP contribution in [-0.4, -0.2) is 10.2 Å². The lowest BCUT2D eigenvalue weighted by molar-refractivity contribution is 0.432. The second-order valence-corrected chi connectivity index (χ2v) is 3.96. The Morgan fingerprint density at radius 1 is 0.750 bits per heavy atom. The highest BCUT2D eigenvalue weighted by molar-refractivity contribution is 6.31. The van der Waals surface area contributed by atoms with Crippen LogP contribution in [-0.2, 0) is 0 Å². The lowest BCUT2D eigenvalue weighted by Gasteiger charge is -1.93. The molecule has 0 fully saturated rings. The first kappa shape index (κ1) is 18.5. The lowest BCUT2D eigenvalue weighted by Crippen LogP contribution is -1.74. The van der Waals surface area contributed by atoms with Gasteiger partial charge in [-0.25, -0.2) is 8.78 Å². The number of benzene rings is 2. The van der Waals surface area contributed by atoms with Crippen molar-refractivity contribution in [3.63, 3.8) is 0 Å². The molecule has 2 aromatic rings. The van der Waals surface area contributed by atoms with E-state index in [0.717, 1.165) is 0 Å². The molecule has 0 saturated carbocycles. The summed E-state index contributed by atoms with van der Waals surface area (Å²) in [5.41, 5.74) is 0. The third-order valence-corrected chi connectivity index (χ3v) is 2.45. The van der Waals surface area contributed by atoms with E-state index in [4.69, 9.17) is 33.4 Å². The molecule has 2 rings (SSSR count). The Balaban J connectivity index is 0.000000321. The van der Waals surface area contributed by atoms with Crippen LogP contribution < -0.4 is 0 Å². The SMILES string of the molecule is CC.Oc1cccc(Cl)c1F.Oc1cccc(Cl)c1F. The Morgan fingerprint density at radius 3 is 1.25 bits per heavy atom. The normalized spacial score (nSPS) is 8.90. The predicted molar refractivity (Wildman–Crippen MR) is 77.5 cm³/mol. The van der Waals surface area contributed by atoms with Crippen LogP contribution in [0.25, 0.3) is 0 Å². The third kappa shape index (κ3) is 5.63. The van der Waals surface area contributed by atoms with E-state index in [9.17, 15) is 8.78 Å². The van der Waals surface area contributed by atoms with E-state index >= 15 is 0 Å². The van der Waals surface area contributed by atoms with Gasteiger partial charge in [0, 0.05) is 0 Å². The summed E-state index contributed by atoms with van der Waals surface area (Å²) in [5.74, 6) is -2.36. The van der Waals surface area contributed by atoms with Crippen LogP contribution in [0.5, 0.6) is 11.5 Å². The fraction of sp³-hybridized carbons (Fsp3) is 0.143. The zero-order chi connectivity index (χ0) is 15.7. The average molecular weight is 323 g/mol. The van der Waals surface area contributed by atoms with Crippen LogP contribution in [0, 0.1) is 11.6 Å². The zero-order valence-electron chi connectivity index (χ0n) is 10.9. The van der Waals surface area contributed by atoms with Gasteiger partial charge in [-0.05, 0) is 24.3 Å². The Labute approximate surface area is 126 Å². The first-order valence-corrected chi connectivity index (χ1v) is 6.45. The fourth-order valence-electron chi connectivity index (χ4n) is 0.985. The molecule has 0 aliphatic heterocycles. The second-order valence-electron chi connectivity index (χ2n) is 3.15. The Bertz CT molecular complexity index is 459. The van der Waals surface area contributed by atoms with Gasteiger partial charge < -0.3 is 10.2 Å². The standard InChI is InChI=1S/2C6H4ClFO.C2H6/c2*7-4-2-1-3-5(9)6(4)8;1-2/h2*1-3,9H;1-2H3. The highest BCUT2D eigenvalue weighted by Gasteiger charge is 2.02. The molecule has 6 heteroatoms. The minimum absolute atomic E-state index is 0.0602. The van der Waals surface area contributed by atoms with Crippen molar-refractivity contribution in [2.45, 2.75) is 13.8 Å². The largest absolute Gasteiger partial charge is 0.505 e. The molecule has 2 nitrogen and oxygen atoms in total. The Hall–Kier alpha value is -1.52. The van der Waals surface area contributed by atoms with Crippen LogP contribution in [0.4, 0.5) is 8.78 Å². The predicted octanol–water partition coefficient (Wildman–Crippen LogP) is 5.40. The molecule has 20 heavy (non-hydrogen) atoms. The maximum atomic E-state index is 12.3. The number of aromatic hydroxyl groups is 2. The van der Waals surface area contributed by atoms with Crippen LogP contribution >= 0.6 is 23.2 Å². The summed E-state index contributed by atoms with van der Waals surface area (Å²) < 4.78 is 24.7. The molecule has 2 aromatic carbocycles. The molecule has 0 amide bonds. The van der Waals surface area contributed by atoms with Crippen LogP contribution in [0.2, 0.25) is 10.0 Å². The summed E-state index contributed by atoms with van der Waals surface area (Å²) in [6, 6.07) is 8.16. The first-order valence-electron chi connectivity index (χ1n) is 5.69. The molecule has 0 unspecified atom stereocenters. The molecule has 0 aromatic heterocycles. The number of phenols is 2. The molecule has 0 atom stereocenters. The van der Waals surface area contributed by atoms with Gasteiger partial charge in [0.1, 0.15) is 0 Å². The van der Waals surface area contributed by atoms with Crippen molar-refractivity contribution in [1.29, 1.82) is 0 Å². The van der Waals surface area contributed by atoms with Crippen LogP contribution in [0.1, 0.15) is 13.8 Å². The maximum absolute atomic E-state index is 12.3. The van der Waals surface area contributed by atoms with Gasteiger partial charge in [-0.3, -0.25) is 0 Å². The number of hydrogen-bond acceptors (Lipinski definition) is 2. The van der Waals surface area contributed by atoms with Gasteiger partial charge in [-0.1, -0.05) is 49.2 Å². The van der Waals surface area contributed by atoms with Crippen molar-refractivity contribution in [1.82, 2.24) is 0 Å². The molecule has 0 bridgehead atoms. The monoisotopic (exact) mass is 322 g/mol. The lowest BCUT2D eigenvalue weighted by atomic mass is 10.3. The third-order valence-electron chi connectivity index (χ3n) is 1.86. The van der Waals surface area contributed by atoms with E-state index in [-0.39, 0.29) is 10.0 Å². The molecule has 0 heterocycles. The van der Waals surface area contributed by atoms with Crippen molar-refractivity contribution in [3.05, 3.63) is 58.1 Å². The number of rotatable bonds is 0. The molecule has 0 aliphatic carbocycles. The van der Waals surface area contributed by atoms with Gasteiger partial charge in [-0.2, -0.15) is 0 Å². The highest BCUT2D eigenvalue weighted by Crippen LogP contribution is 2.22. The Morgan fingerprint density at radius 2 is 1.05 bits per heavy atom. The van der Waals surface area contributed by atoms with Crippen LogP contribution in [0.15, 0.2) is 36.4 Å². The van der Waals surface area contributed by atoms with E-state index in [0.29, 0.717) is 0 Å². The topological polar surface area (TPSA) is 40.5 Å². The maximum Gasteiger partial charge on any atom is 0.183 e. The quantitative estimate of drug-likeness (QED) is 0.682. The van der Waals surface area contributed by atoms with Crippen molar-refractivity contribution >= 4 is 23.2 Å². The molecule has 2 N–H and O–H groups in total. The van der Waals surface area contributed by atoms with Gasteiger partial charge in [0.25, 0.3) is 0 Å². The smallest absolute Gasteiger partial charge is 0.183 e. The van der Waals surface area contributed by atoms with Crippen molar-refractivity contribution < 1.29 is 19.0 Å². The minimum Gasteiger partial charge on any atom is -0.505 e. The number of hydrogen-bond donors (Lipinski definition) is 2. The van der Waals surface area contributed by atoms with Gasteiger partial charge in [0.2, 0.25) is 0 Å². The first-order chi connectivity index (χ1) is 9.43. The summed E-state index contributed by atoms with van der Waals surface area (Å²) in [4.78, 5) is 0. The van der Waals surface area contributed by atoms with Gasteiger partial charge in [0.05, 0.1) is 10.0 Å². The number of halogens is 4. The summed E-state index contributed by atoms with van der Waals surface area (Å²) >= 11 is 10.6. The number of phenolic OH excluding ortho intramolecular Hbond substituents is 2. The fourth-order valence-corrected chi connectivity index (χ4v) is 1.32. The van der Waals surface area contributed by atoms with Crippen molar-refractivity contribution in [2.75, 3.05) is 0 Å². The molecular formula is C14H14Cl2F2O2. The molecular weight excluding hydrogens is 309 g/mol. The molecule has 0 radical (unpaired) electrons. The van der Waals surface area contributed by atoms with E-state index in [1.54, 1.807) is 0 Å². The minimum atomic E-state index is -0.765. The van der Waals surface area contributed by atoms with E-state index in [2.05, 4.69) is 0 Å². The summed E-state index contributed by atoms with van der Waals surface area (Å²) in [7, 11) is 0. The Kier molecular flexibility index (Phi) is 8.68. The van der Waals surface area contributed by atoms with Gasteiger partial charge in [-0.15, -0.1) is 0 Å². The van der Waals surface area contributed by atoms with Gasteiger partial charge in [0.15, 0.2) is 23.1 Å². The molecule has 110 valence electrons. The van der Waals surface area contributed by atoms with Crippen molar-refractivity contribution in [2.24, 2.45) is 0 Å². The van der Waals surface area contributed by atoms with E-state index in [1.165, 1.54) is 36.4 Å². The van der Waals surface area contributed by atoms with Crippen LogP contribution in [0.3, 0.4) is 0 Å². The highest BCUT2D eigenvalue weighted by atomic mass is 35.5. The van der Waals surface area contributed by atoms with Crippen molar-refractivity contribution in [3.8, 4) is 11.5 Å². The average Bonchev–Trinajstić information content (AvgIpc) is 2.45. The van der Waals surface area contributed by atoms with Gasteiger partial charge >= 0.3 is 0 Å². The summed E-state index contributed by atoms with van der Waals surface area (Å²) in [6.45, 7) is 4.00. The summed E-state index contributed by atoms with van der Waals surface area (Å²) in [6.07, 6.45) is 0. The molecule has 0 aliphatic rings. The summed E-state index contributed by atoms with van der Waals surface area (Å²) in [5, 5.41) is 17.2. The van der Waals surface area contributed by atoms with E-state index in [1.807, 2.05) is 13.8 Å².